The van der Waals surface area contributed by atoms with E-state index in [4.69, 9.17) is 5.73 Å². The van der Waals surface area contributed by atoms with Gasteiger partial charge in [-0.15, -0.1) is 0 Å². The molecule has 1 heterocycles. The molecule has 98 valence electrons. The van der Waals surface area contributed by atoms with E-state index in [9.17, 15) is 9.59 Å². The summed E-state index contributed by atoms with van der Waals surface area (Å²) in [7, 11) is 1.56. The third kappa shape index (κ3) is 4.04. The second kappa shape index (κ2) is 6.58. The number of aromatic nitrogens is 1. The average molecular weight is 250 g/mol. The van der Waals surface area contributed by atoms with Crippen LogP contribution in [0.3, 0.4) is 0 Å². The van der Waals surface area contributed by atoms with Crippen molar-refractivity contribution in [3.8, 4) is 0 Å². The highest BCUT2D eigenvalue weighted by Crippen LogP contribution is 2.03. The van der Waals surface area contributed by atoms with Crippen LogP contribution >= 0.6 is 0 Å². The van der Waals surface area contributed by atoms with Crippen LogP contribution < -0.4 is 11.1 Å². The summed E-state index contributed by atoms with van der Waals surface area (Å²) < 4.78 is 0. The molecule has 0 aliphatic rings. The third-order valence-electron chi connectivity index (χ3n) is 2.31. The van der Waals surface area contributed by atoms with E-state index < -0.39 is 0 Å². The van der Waals surface area contributed by atoms with Gasteiger partial charge in [0.1, 0.15) is 5.69 Å². The van der Waals surface area contributed by atoms with Gasteiger partial charge >= 0.3 is 0 Å². The number of rotatable bonds is 5. The van der Waals surface area contributed by atoms with E-state index >= 15 is 0 Å². The molecule has 3 N–H and O–H groups in total. The highest BCUT2D eigenvalue weighted by molar-refractivity contribution is 5.94. The highest BCUT2D eigenvalue weighted by Gasteiger charge is 2.15. The minimum Gasteiger partial charge on any atom is -0.397 e. The van der Waals surface area contributed by atoms with Gasteiger partial charge in [0.2, 0.25) is 5.91 Å². The monoisotopic (exact) mass is 250 g/mol. The zero-order valence-electron chi connectivity index (χ0n) is 10.6. The van der Waals surface area contributed by atoms with Crippen molar-refractivity contribution < 1.29 is 9.59 Å². The van der Waals surface area contributed by atoms with Gasteiger partial charge in [-0.05, 0) is 18.6 Å². The lowest BCUT2D eigenvalue weighted by Gasteiger charge is -2.16. The fourth-order valence-corrected chi connectivity index (χ4v) is 1.33. The number of hydrogen-bond acceptors (Lipinski definition) is 4. The van der Waals surface area contributed by atoms with E-state index in [1.165, 1.54) is 17.2 Å². The molecule has 6 heteroatoms. The van der Waals surface area contributed by atoms with Crippen molar-refractivity contribution in [2.45, 2.75) is 13.3 Å². The van der Waals surface area contributed by atoms with E-state index in [1.807, 2.05) is 6.92 Å². The number of pyridine rings is 1. The molecule has 1 aromatic rings. The first-order chi connectivity index (χ1) is 8.54. The molecule has 0 aliphatic carbocycles. The Balaban J connectivity index is 2.56. The third-order valence-corrected chi connectivity index (χ3v) is 2.31. The number of carbonyl (C=O) groups excluding carboxylic acids is 2. The average Bonchev–Trinajstić information content (AvgIpc) is 2.36. The zero-order valence-corrected chi connectivity index (χ0v) is 10.6. The molecule has 0 saturated heterocycles. The van der Waals surface area contributed by atoms with E-state index in [2.05, 4.69) is 10.3 Å². The van der Waals surface area contributed by atoms with E-state index in [0.717, 1.165) is 6.42 Å². The number of likely N-dealkylation sites (N-methyl/N-ethyl adjacent to an activating group) is 1. The second-order valence-corrected chi connectivity index (χ2v) is 3.99. The number of nitrogens with two attached hydrogens (primary N) is 1. The van der Waals surface area contributed by atoms with Gasteiger partial charge in [0.05, 0.1) is 18.4 Å². The fourth-order valence-electron chi connectivity index (χ4n) is 1.33. The summed E-state index contributed by atoms with van der Waals surface area (Å²) in [6, 6.07) is 3.14. The quantitative estimate of drug-likeness (QED) is 0.784. The molecular formula is C12H18N4O2. The van der Waals surface area contributed by atoms with Gasteiger partial charge in [0, 0.05) is 13.6 Å². The highest BCUT2D eigenvalue weighted by atomic mass is 16.2. The molecule has 2 amide bonds. The summed E-state index contributed by atoms with van der Waals surface area (Å²) in [5.74, 6) is -0.482. The first-order valence-electron chi connectivity index (χ1n) is 5.78. The molecule has 1 rings (SSSR count). The lowest BCUT2D eigenvalue weighted by atomic mass is 10.3. The molecule has 0 aromatic carbocycles. The number of anilines is 1. The van der Waals surface area contributed by atoms with Crippen LogP contribution in [0.5, 0.6) is 0 Å². The Morgan fingerprint density at radius 1 is 1.44 bits per heavy atom. The predicted octanol–water partition coefficient (Wildman–Crippen LogP) is 0.262. The lowest BCUT2D eigenvalue weighted by molar-refractivity contribution is -0.121. The van der Waals surface area contributed by atoms with Crippen molar-refractivity contribution in [2.75, 3.05) is 25.9 Å². The Labute approximate surface area is 106 Å². The molecule has 0 spiro atoms. The van der Waals surface area contributed by atoms with Crippen molar-refractivity contribution in [3.05, 3.63) is 24.0 Å². The maximum atomic E-state index is 11.9. The maximum absolute atomic E-state index is 11.9. The molecular weight excluding hydrogens is 232 g/mol. The molecule has 6 nitrogen and oxygen atoms in total. The first kappa shape index (κ1) is 14.0. The van der Waals surface area contributed by atoms with Gasteiger partial charge in [-0.2, -0.15) is 0 Å². The Morgan fingerprint density at radius 2 is 2.17 bits per heavy atom. The zero-order chi connectivity index (χ0) is 13.5. The number of amides is 2. The molecule has 1 aromatic heterocycles. The van der Waals surface area contributed by atoms with E-state index in [-0.39, 0.29) is 24.1 Å². The smallest absolute Gasteiger partial charge is 0.272 e. The fraction of sp³-hybridized carbons (Fsp3) is 0.417. The van der Waals surface area contributed by atoms with Crippen LogP contribution in [0, 0.1) is 0 Å². The van der Waals surface area contributed by atoms with Crippen molar-refractivity contribution in [3.63, 3.8) is 0 Å². The Morgan fingerprint density at radius 3 is 2.72 bits per heavy atom. The summed E-state index contributed by atoms with van der Waals surface area (Å²) in [6.45, 7) is 2.60. The molecule has 0 bridgehead atoms. The standard InChI is InChI=1S/C12H18N4O2/c1-3-6-14-11(17)8-16(2)12(18)10-5-4-9(13)7-15-10/h4-5,7H,3,6,8,13H2,1-2H3,(H,14,17). The molecule has 0 fully saturated rings. The normalized spacial score (nSPS) is 9.89. The van der Waals surface area contributed by atoms with E-state index in [0.29, 0.717) is 12.2 Å². The Hall–Kier alpha value is -2.11. The Bertz CT molecular complexity index is 417. The van der Waals surface area contributed by atoms with Gasteiger partial charge in [-0.1, -0.05) is 6.92 Å². The summed E-state index contributed by atoms with van der Waals surface area (Å²) in [5, 5.41) is 2.71. The van der Waals surface area contributed by atoms with Crippen LogP contribution in [0.1, 0.15) is 23.8 Å². The van der Waals surface area contributed by atoms with Gasteiger partial charge in [0.15, 0.2) is 0 Å². The summed E-state index contributed by atoms with van der Waals surface area (Å²) in [6.07, 6.45) is 2.28. The first-order valence-corrected chi connectivity index (χ1v) is 5.78. The minimum absolute atomic E-state index is 0.0187. The van der Waals surface area contributed by atoms with E-state index in [1.54, 1.807) is 13.1 Å². The molecule has 0 atom stereocenters. The summed E-state index contributed by atoms with van der Waals surface area (Å²) in [5.41, 5.74) is 6.26. The van der Waals surface area contributed by atoms with Crippen LogP contribution in [0.15, 0.2) is 18.3 Å². The van der Waals surface area contributed by atoms with Gasteiger partial charge in [-0.3, -0.25) is 9.59 Å². The predicted molar refractivity (Wildman–Crippen MR) is 68.9 cm³/mol. The number of nitrogens with one attached hydrogen (secondary N) is 1. The maximum Gasteiger partial charge on any atom is 0.272 e. The molecule has 0 radical (unpaired) electrons. The van der Waals surface area contributed by atoms with Crippen LogP contribution in [-0.2, 0) is 4.79 Å². The molecule has 0 saturated carbocycles. The van der Waals surface area contributed by atoms with Crippen molar-refractivity contribution in [2.24, 2.45) is 0 Å². The SMILES string of the molecule is CCCNC(=O)CN(C)C(=O)c1ccc(N)cn1. The largest absolute Gasteiger partial charge is 0.397 e. The molecule has 18 heavy (non-hydrogen) atoms. The number of nitrogens with zero attached hydrogens (tertiary/aromatic N) is 2. The number of nitrogen functional groups attached to an aromatic ring is 1. The number of carbonyl (C=O) groups is 2. The molecule has 0 aliphatic heterocycles. The van der Waals surface area contributed by atoms with Crippen LogP contribution in [-0.4, -0.2) is 41.8 Å². The number of hydrogen-bond donors (Lipinski definition) is 2. The van der Waals surface area contributed by atoms with Crippen LogP contribution in [0.4, 0.5) is 5.69 Å². The van der Waals surface area contributed by atoms with Gasteiger partial charge < -0.3 is 16.0 Å². The summed E-state index contributed by atoms with van der Waals surface area (Å²) in [4.78, 5) is 28.6. The van der Waals surface area contributed by atoms with Crippen molar-refractivity contribution in [1.82, 2.24) is 15.2 Å². The summed E-state index contributed by atoms with van der Waals surface area (Å²) >= 11 is 0. The van der Waals surface area contributed by atoms with Gasteiger partial charge in [0.25, 0.3) is 5.91 Å². The Kier molecular flexibility index (Phi) is 5.10. The van der Waals surface area contributed by atoms with Crippen LogP contribution in [0.25, 0.3) is 0 Å². The topological polar surface area (TPSA) is 88.3 Å². The second-order valence-electron chi connectivity index (χ2n) is 3.99. The van der Waals surface area contributed by atoms with Crippen molar-refractivity contribution in [1.29, 1.82) is 0 Å². The van der Waals surface area contributed by atoms with Gasteiger partial charge in [-0.25, -0.2) is 4.98 Å². The van der Waals surface area contributed by atoms with Crippen LogP contribution in [0.2, 0.25) is 0 Å². The lowest BCUT2D eigenvalue weighted by Crippen LogP contribution is -2.38. The van der Waals surface area contributed by atoms with Crippen molar-refractivity contribution >= 4 is 17.5 Å². The minimum atomic E-state index is -0.304. The molecule has 0 unspecified atom stereocenters.